The molecule has 8 nitrogen and oxygen atoms in total. The normalized spacial score (nSPS) is 16.3. The van der Waals surface area contributed by atoms with Crippen molar-refractivity contribution in [2.75, 3.05) is 20.7 Å². The van der Waals surface area contributed by atoms with Crippen LogP contribution in [-0.4, -0.2) is 76.7 Å². The molecule has 1 heterocycles. The third-order valence-electron chi connectivity index (χ3n) is 8.53. The van der Waals surface area contributed by atoms with Crippen molar-refractivity contribution in [2.45, 2.75) is 25.5 Å². The minimum absolute atomic E-state index is 0.0931. The monoisotopic (exact) mass is 662 g/mol. The summed E-state index contributed by atoms with van der Waals surface area (Å²) in [5.41, 5.74) is 0.905. The van der Waals surface area contributed by atoms with E-state index in [1.807, 2.05) is 91.0 Å². The highest BCUT2D eigenvalue weighted by molar-refractivity contribution is 7.96. The maximum Gasteiger partial charge on any atom is 0.356 e. The number of β-lactam (4-membered cyclic amide) rings is 1. The van der Waals surface area contributed by atoms with Gasteiger partial charge in [-0.15, -0.1) is 0 Å². The maximum atomic E-state index is 14.5. The van der Waals surface area contributed by atoms with Gasteiger partial charge in [0.15, 0.2) is 5.78 Å². The number of Topliss-reactive ketones (excluding diaryl/α,β-unsaturated/α-hetero) is 1. The molecule has 0 spiro atoms. The predicted molar refractivity (Wildman–Crippen MR) is 191 cm³/mol. The number of carbonyl (C=O) groups is 4. The van der Waals surface area contributed by atoms with Crippen molar-refractivity contribution in [3.8, 4) is 0 Å². The van der Waals surface area contributed by atoms with Gasteiger partial charge in [-0.1, -0.05) is 116 Å². The van der Waals surface area contributed by atoms with Crippen LogP contribution in [0.2, 0.25) is 0 Å². The Labute approximate surface area is 281 Å². The lowest BCUT2D eigenvalue weighted by atomic mass is 9.79. The van der Waals surface area contributed by atoms with E-state index in [9.17, 15) is 24.3 Å². The number of rotatable bonds is 12. The first kappa shape index (κ1) is 34.3. The Kier molecular flexibility index (Phi) is 10.6. The second-order valence-corrected chi connectivity index (χ2v) is 15.1. The molecule has 4 aromatic carbocycles. The largest absolute Gasteiger partial charge is 0.457 e. The molecule has 0 radical (unpaired) electrons. The van der Waals surface area contributed by atoms with Crippen LogP contribution in [0.4, 0.5) is 0 Å². The van der Waals surface area contributed by atoms with Gasteiger partial charge >= 0.3 is 5.97 Å². The van der Waals surface area contributed by atoms with Crippen molar-refractivity contribution in [2.24, 2.45) is 5.92 Å². The molecule has 0 saturated carbocycles. The van der Waals surface area contributed by atoms with Crippen LogP contribution in [0, 0.1) is 5.92 Å². The number of esters is 1. The topological polar surface area (TPSA) is 104 Å². The van der Waals surface area contributed by atoms with Gasteiger partial charge in [0.05, 0.1) is 18.1 Å². The van der Waals surface area contributed by atoms with Gasteiger partial charge in [-0.3, -0.25) is 14.4 Å². The fourth-order valence-electron chi connectivity index (χ4n) is 6.30. The molecule has 0 aromatic heterocycles. The highest BCUT2D eigenvalue weighted by Gasteiger charge is 2.55. The molecule has 1 fully saturated rings. The van der Waals surface area contributed by atoms with Crippen LogP contribution in [0.5, 0.6) is 0 Å². The molecule has 4 aromatic rings. The number of hydrogen-bond donors (Lipinski definition) is 1. The van der Waals surface area contributed by atoms with Crippen molar-refractivity contribution in [3.05, 3.63) is 139 Å². The molecule has 3 unspecified atom stereocenters. The zero-order chi connectivity index (χ0) is 34.4. The van der Waals surface area contributed by atoms with Crippen LogP contribution in [0.3, 0.4) is 0 Å². The van der Waals surface area contributed by atoms with E-state index in [0.717, 1.165) is 15.9 Å². The average Bonchev–Trinajstić information content (AvgIpc) is 3.11. The summed E-state index contributed by atoms with van der Waals surface area (Å²) < 4.78 is 5.77. The number of nitrogens with zero attached hydrogens (tertiary/aromatic N) is 2. The number of ketones is 1. The SMILES string of the molecule is C=CCOC(=O)C(N1C(=O)C(C(C)O)C1CC(=O)c1ccc(C(=O)N(C)C)cc1)=P(c1ccccc1)(c1ccccc1)c1ccccc1. The zero-order valence-corrected chi connectivity index (χ0v) is 28.1. The summed E-state index contributed by atoms with van der Waals surface area (Å²) in [5, 5.41) is 13.3. The molecule has 0 bridgehead atoms. The standard InChI is InChI=1S/C39H39N2O6P/c1-5-25-47-39(46)38(48(30-15-9-6-10-16-30,31-17-11-7-12-18-31)32-19-13-8-14-20-32)41-33(35(27(2)42)37(41)45)26-34(43)28-21-23-29(24-22-28)36(44)40(3)4/h5-24,27,33,35,42H,1,25-26H2,2-4H3. The van der Waals surface area contributed by atoms with Gasteiger partial charge in [0.25, 0.3) is 5.91 Å². The van der Waals surface area contributed by atoms with Crippen molar-refractivity contribution in [3.63, 3.8) is 0 Å². The van der Waals surface area contributed by atoms with Gasteiger partial charge in [0.2, 0.25) is 5.91 Å². The highest BCUT2D eigenvalue weighted by Crippen LogP contribution is 2.50. The summed E-state index contributed by atoms with van der Waals surface area (Å²) in [7, 11) is 3.30. The van der Waals surface area contributed by atoms with E-state index in [0.29, 0.717) is 11.1 Å². The third-order valence-corrected chi connectivity index (χ3v) is 12.8. The van der Waals surface area contributed by atoms with Gasteiger partial charge in [-0.25, -0.2) is 4.79 Å². The number of hydrogen-bond acceptors (Lipinski definition) is 6. The lowest BCUT2D eigenvalue weighted by molar-refractivity contribution is -0.157. The molecule has 48 heavy (non-hydrogen) atoms. The quantitative estimate of drug-likeness (QED) is 0.0809. The van der Waals surface area contributed by atoms with Crippen LogP contribution >= 0.6 is 6.89 Å². The average molecular weight is 663 g/mol. The van der Waals surface area contributed by atoms with E-state index in [4.69, 9.17) is 4.74 Å². The van der Waals surface area contributed by atoms with Crippen LogP contribution in [0.25, 0.3) is 0 Å². The lowest BCUT2D eigenvalue weighted by Gasteiger charge is -2.50. The summed E-state index contributed by atoms with van der Waals surface area (Å²) in [6.07, 6.45) is 0.208. The van der Waals surface area contributed by atoms with Crippen LogP contribution < -0.4 is 15.9 Å². The Bertz CT molecular complexity index is 1750. The molecule has 0 aliphatic carbocycles. The smallest absolute Gasteiger partial charge is 0.356 e. The number of aliphatic hydroxyl groups excluding tert-OH is 1. The van der Waals surface area contributed by atoms with Crippen LogP contribution in [0.15, 0.2) is 128 Å². The van der Waals surface area contributed by atoms with Gasteiger partial charge in [0, 0.05) is 38.5 Å². The third kappa shape index (κ3) is 6.42. The number of benzene rings is 4. The van der Waals surface area contributed by atoms with Crippen molar-refractivity contribution >= 4 is 51.8 Å². The minimum atomic E-state index is -3.18. The van der Waals surface area contributed by atoms with Gasteiger partial charge < -0.3 is 19.6 Å². The molecule has 5 rings (SSSR count). The Morgan fingerprint density at radius 1 is 0.833 bits per heavy atom. The van der Waals surface area contributed by atoms with Crippen molar-refractivity contribution < 1.29 is 29.0 Å². The molecule has 246 valence electrons. The maximum absolute atomic E-state index is 14.5. The molecule has 1 aliphatic heterocycles. The molecular weight excluding hydrogens is 623 g/mol. The van der Waals surface area contributed by atoms with Crippen LogP contribution in [0.1, 0.15) is 34.1 Å². The first-order valence-electron chi connectivity index (χ1n) is 15.7. The minimum Gasteiger partial charge on any atom is -0.457 e. The molecule has 2 amide bonds. The Morgan fingerprint density at radius 3 is 1.71 bits per heavy atom. The molecule has 3 atom stereocenters. The number of likely N-dealkylation sites (tertiary alicyclic amines) is 1. The predicted octanol–water partition coefficient (Wildman–Crippen LogP) is 4.02. The first-order valence-corrected chi connectivity index (χ1v) is 17.5. The number of amides is 2. The van der Waals surface area contributed by atoms with Gasteiger partial charge in [-0.2, -0.15) is 0 Å². The molecule has 1 N–H and O–H groups in total. The van der Waals surface area contributed by atoms with E-state index >= 15 is 0 Å². The van der Waals surface area contributed by atoms with Crippen molar-refractivity contribution in [1.82, 2.24) is 9.80 Å². The lowest BCUT2D eigenvalue weighted by Crippen LogP contribution is -2.68. The summed E-state index contributed by atoms with van der Waals surface area (Å²) >= 11 is 0. The first-order chi connectivity index (χ1) is 23.1. The number of ether oxygens (including phenoxy) is 1. The second kappa shape index (κ2) is 14.8. The van der Waals surface area contributed by atoms with Crippen LogP contribution in [-0.2, 0) is 14.3 Å². The second-order valence-electron chi connectivity index (χ2n) is 11.8. The van der Waals surface area contributed by atoms with E-state index in [1.54, 1.807) is 38.4 Å². The molecule has 1 aliphatic rings. The van der Waals surface area contributed by atoms with E-state index < -0.39 is 36.8 Å². The van der Waals surface area contributed by atoms with E-state index in [2.05, 4.69) is 6.58 Å². The molecule has 9 heteroatoms. The Hall–Kier alpha value is -5.04. The fraction of sp³-hybridized carbons (Fsp3) is 0.205. The van der Waals surface area contributed by atoms with Gasteiger partial charge in [0.1, 0.15) is 12.0 Å². The summed E-state index contributed by atoms with van der Waals surface area (Å²) in [6.45, 7) is 1.96. The number of aliphatic hydroxyl groups is 1. The molecular formula is C39H39N2O6P. The van der Waals surface area contributed by atoms with E-state index in [-0.39, 0.29) is 30.1 Å². The number of carbonyl (C=O) groups excluding carboxylic acids is 4. The summed E-state index contributed by atoms with van der Waals surface area (Å²) in [4.78, 5) is 57.9. The molecule has 1 saturated heterocycles. The Morgan fingerprint density at radius 2 is 1.29 bits per heavy atom. The highest BCUT2D eigenvalue weighted by atomic mass is 31.2. The van der Waals surface area contributed by atoms with Crippen molar-refractivity contribution in [1.29, 1.82) is 0 Å². The zero-order valence-electron chi connectivity index (χ0n) is 27.2. The van der Waals surface area contributed by atoms with E-state index in [1.165, 1.54) is 22.8 Å². The Balaban J connectivity index is 1.77. The summed E-state index contributed by atoms with van der Waals surface area (Å²) in [5.74, 6) is -2.60. The van der Waals surface area contributed by atoms with Gasteiger partial charge in [-0.05, 0) is 35.0 Å². The fourth-order valence-corrected chi connectivity index (χ4v) is 10.7. The summed E-state index contributed by atoms with van der Waals surface area (Å²) in [6, 6.07) is 34.2.